The van der Waals surface area contributed by atoms with E-state index >= 15 is 0 Å². The van der Waals surface area contributed by atoms with Crippen molar-refractivity contribution in [3.05, 3.63) is 59.7 Å². The Balaban J connectivity index is 2.21. The van der Waals surface area contributed by atoms with Crippen LogP contribution in [0.5, 0.6) is 5.75 Å². The molecule has 2 amide bonds. The Labute approximate surface area is 222 Å². The van der Waals surface area contributed by atoms with Gasteiger partial charge in [0.2, 0.25) is 21.8 Å². The van der Waals surface area contributed by atoms with Crippen molar-refractivity contribution >= 4 is 27.5 Å². The van der Waals surface area contributed by atoms with Gasteiger partial charge in [-0.15, -0.1) is 0 Å². The van der Waals surface area contributed by atoms with Crippen molar-refractivity contribution in [2.75, 3.05) is 24.2 Å². The molecule has 0 radical (unpaired) electrons. The van der Waals surface area contributed by atoms with Gasteiger partial charge in [0.05, 0.1) is 19.1 Å². The number of rotatable bonds is 14. The normalized spacial score (nSPS) is 12.9. The van der Waals surface area contributed by atoms with Crippen molar-refractivity contribution in [1.29, 1.82) is 0 Å². The quantitative estimate of drug-likeness (QED) is 0.393. The van der Waals surface area contributed by atoms with Crippen LogP contribution in [-0.4, -0.2) is 57.1 Å². The summed E-state index contributed by atoms with van der Waals surface area (Å²) in [6.45, 7) is 8.28. The number of amides is 2. The molecule has 9 heteroatoms. The van der Waals surface area contributed by atoms with Crippen LogP contribution in [-0.2, 0) is 26.2 Å². The number of methoxy groups -OCH3 is 1. The predicted molar refractivity (Wildman–Crippen MR) is 148 cm³/mol. The lowest BCUT2D eigenvalue weighted by atomic mass is 10.1. The first-order chi connectivity index (χ1) is 17.5. The van der Waals surface area contributed by atoms with Gasteiger partial charge in [-0.25, -0.2) is 8.42 Å². The molecule has 2 aromatic carbocycles. The van der Waals surface area contributed by atoms with E-state index in [0.717, 1.165) is 23.8 Å². The molecule has 0 spiro atoms. The molecule has 2 aromatic rings. The number of carbonyl (C=O) groups excluding carboxylic acids is 2. The molecule has 0 saturated carbocycles. The van der Waals surface area contributed by atoms with Crippen LogP contribution in [0, 0.1) is 6.92 Å². The van der Waals surface area contributed by atoms with Gasteiger partial charge in [0.1, 0.15) is 11.8 Å². The Bertz CT molecular complexity index is 1120. The molecule has 37 heavy (non-hydrogen) atoms. The molecule has 8 nitrogen and oxygen atoms in total. The monoisotopic (exact) mass is 531 g/mol. The van der Waals surface area contributed by atoms with E-state index in [2.05, 4.69) is 5.32 Å². The number of hydrogen-bond donors (Lipinski definition) is 1. The molecule has 0 aliphatic rings. The summed E-state index contributed by atoms with van der Waals surface area (Å²) in [6, 6.07) is 14.0. The number of ether oxygens (including phenoxy) is 1. The van der Waals surface area contributed by atoms with Crippen LogP contribution in [0.2, 0.25) is 0 Å². The zero-order valence-corrected chi connectivity index (χ0v) is 23.7. The van der Waals surface area contributed by atoms with Crippen molar-refractivity contribution in [1.82, 2.24) is 10.2 Å². The first kappa shape index (κ1) is 30.2. The third-order valence-electron chi connectivity index (χ3n) is 6.37. The van der Waals surface area contributed by atoms with Crippen LogP contribution in [0.25, 0.3) is 0 Å². The lowest BCUT2D eigenvalue weighted by Gasteiger charge is -2.32. The number of carbonyl (C=O) groups is 2. The second kappa shape index (κ2) is 14.0. The van der Waals surface area contributed by atoms with E-state index in [1.807, 2.05) is 52.0 Å². The third kappa shape index (κ3) is 9.07. The van der Waals surface area contributed by atoms with Gasteiger partial charge in [0.25, 0.3) is 0 Å². The van der Waals surface area contributed by atoms with E-state index in [1.54, 1.807) is 36.3 Å². The Morgan fingerprint density at radius 1 is 1.00 bits per heavy atom. The fourth-order valence-corrected chi connectivity index (χ4v) is 4.97. The van der Waals surface area contributed by atoms with E-state index in [4.69, 9.17) is 4.74 Å². The number of aryl methyl sites for hydroxylation is 1. The Morgan fingerprint density at radius 2 is 1.62 bits per heavy atom. The van der Waals surface area contributed by atoms with Crippen molar-refractivity contribution in [3.8, 4) is 5.75 Å². The van der Waals surface area contributed by atoms with E-state index in [1.165, 1.54) is 4.31 Å². The van der Waals surface area contributed by atoms with Crippen LogP contribution >= 0.6 is 0 Å². The van der Waals surface area contributed by atoms with Gasteiger partial charge in [-0.1, -0.05) is 43.7 Å². The van der Waals surface area contributed by atoms with Gasteiger partial charge in [0, 0.05) is 25.6 Å². The molecular formula is C28H41N3O5S. The summed E-state index contributed by atoms with van der Waals surface area (Å²) in [7, 11) is -2.01. The number of benzene rings is 2. The minimum atomic E-state index is -3.56. The predicted octanol–water partition coefficient (Wildman–Crippen LogP) is 4.27. The summed E-state index contributed by atoms with van der Waals surface area (Å²) in [5.41, 5.74) is 2.55. The molecule has 1 N–H and O–H groups in total. The zero-order valence-electron chi connectivity index (χ0n) is 22.9. The highest BCUT2D eigenvalue weighted by Crippen LogP contribution is 2.22. The standard InChI is InChI=1S/C28H41N3O5S/c1-7-22(4)29-28(33)26(8-2)30(20-23-13-11-21(3)12-14-23)27(32)10-9-19-31(37(6,34)35)24-15-17-25(36-5)18-16-24/h11-18,22,26H,7-10,19-20H2,1-6H3,(H,29,33). The van der Waals surface area contributed by atoms with Crippen molar-refractivity contribution in [2.24, 2.45) is 0 Å². The van der Waals surface area contributed by atoms with Gasteiger partial charge in [0.15, 0.2) is 0 Å². The molecule has 2 unspecified atom stereocenters. The van der Waals surface area contributed by atoms with Gasteiger partial charge in [-0.3, -0.25) is 13.9 Å². The zero-order chi connectivity index (χ0) is 27.6. The maximum atomic E-state index is 13.5. The third-order valence-corrected chi connectivity index (χ3v) is 7.57. The highest BCUT2D eigenvalue weighted by Gasteiger charge is 2.29. The SMILES string of the molecule is CCC(C)NC(=O)C(CC)N(Cc1ccc(C)cc1)C(=O)CCCN(c1ccc(OC)cc1)S(C)(=O)=O. The molecule has 0 aliphatic carbocycles. The molecule has 2 rings (SSSR count). The summed E-state index contributed by atoms with van der Waals surface area (Å²) < 4.78 is 31.4. The van der Waals surface area contributed by atoms with Crippen LogP contribution < -0.4 is 14.4 Å². The van der Waals surface area contributed by atoms with Crippen LogP contribution in [0.1, 0.15) is 57.6 Å². The number of nitrogens with zero attached hydrogens (tertiary/aromatic N) is 2. The lowest BCUT2D eigenvalue weighted by molar-refractivity contribution is -0.141. The summed E-state index contributed by atoms with van der Waals surface area (Å²) >= 11 is 0. The van der Waals surface area contributed by atoms with Gasteiger partial charge in [-0.05, 0) is 62.9 Å². The summed E-state index contributed by atoms with van der Waals surface area (Å²) in [4.78, 5) is 28.2. The van der Waals surface area contributed by atoms with Gasteiger partial charge >= 0.3 is 0 Å². The summed E-state index contributed by atoms with van der Waals surface area (Å²) in [5, 5.41) is 3.01. The highest BCUT2D eigenvalue weighted by atomic mass is 32.2. The second-order valence-corrected chi connectivity index (χ2v) is 11.3. The fraction of sp³-hybridized carbons (Fsp3) is 0.500. The molecule has 0 aliphatic heterocycles. The van der Waals surface area contributed by atoms with Crippen LogP contribution in [0.4, 0.5) is 5.69 Å². The molecular weight excluding hydrogens is 490 g/mol. The molecule has 0 bridgehead atoms. The first-order valence-electron chi connectivity index (χ1n) is 12.8. The Hall–Kier alpha value is -3.07. The van der Waals surface area contributed by atoms with Gasteiger partial charge in [-0.2, -0.15) is 0 Å². The second-order valence-electron chi connectivity index (χ2n) is 9.39. The number of sulfonamides is 1. The van der Waals surface area contributed by atoms with Crippen LogP contribution in [0.3, 0.4) is 0 Å². The smallest absolute Gasteiger partial charge is 0.243 e. The number of nitrogens with one attached hydrogen (secondary N) is 1. The van der Waals surface area contributed by atoms with Crippen molar-refractivity contribution in [3.63, 3.8) is 0 Å². The lowest BCUT2D eigenvalue weighted by Crippen LogP contribution is -2.50. The average molecular weight is 532 g/mol. The topological polar surface area (TPSA) is 96.0 Å². The Morgan fingerprint density at radius 3 is 2.14 bits per heavy atom. The minimum Gasteiger partial charge on any atom is -0.497 e. The van der Waals surface area contributed by atoms with Crippen molar-refractivity contribution < 1.29 is 22.7 Å². The highest BCUT2D eigenvalue weighted by molar-refractivity contribution is 7.92. The summed E-state index contributed by atoms with van der Waals surface area (Å²) in [5.74, 6) is 0.267. The Kier molecular flexibility index (Phi) is 11.4. The molecule has 0 aromatic heterocycles. The average Bonchev–Trinajstić information content (AvgIpc) is 2.86. The fourth-order valence-electron chi connectivity index (χ4n) is 4.00. The largest absolute Gasteiger partial charge is 0.497 e. The molecule has 0 heterocycles. The van der Waals surface area contributed by atoms with E-state index < -0.39 is 16.1 Å². The number of hydrogen-bond acceptors (Lipinski definition) is 5. The maximum Gasteiger partial charge on any atom is 0.243 e. The molecule has 0 fully saturated rings. The molecule has 0 saturated heterocycles. The molecule has 204 valence electrons. The maximum absolute atomic E-state index is 13.5. The minimum absolute atomic E-state index is 0.00527. The van der Waals surface area contributed by atoms with E-state index in [0.29, 0.717) is 30.8 Å². The van der Waals surface area contributed by atoms with Crippen molar-refractivity contribution in [2.45, 2.75) is 72.0 Å². The first-order valence-corrected chi connectivity index (χ1v) is 14.6. The van der Waals surface area contributed by atoms with E-state index in [9.17, 15) is 18.0 Å². The van der Waals surface area contributed by atoms with E-state index in [-0.39, 0.29) is 30.8 Å². The summed E-state index contributed by atoms with van der Waals surface area (Å²) in [6.07, 6.45) is 2.84. The number of anilines is 1. The molecule has 2 atom stereocenters. The van der Waals surface area contributed by atoms with Crippen LogP contribution in [0.15, 0.2) is 48.5 Å². The van der Waals surface area contributed by atoms with Gasteiger partial charge < -0.3 is 15.0 Å².